The second-order valence-electron chi connectivity index (χ2n) is 10.7. The zero-order valence-corrected chi connectivity index (χ0v) is 22.7. The van der Waals surface area contributed by atoms with Crippen molar-refractivity contribution in [1.29, 1.82) is 0 Å². The SMILES string of the molecule is CC1(C)OC[C@@H](Cn2ccc(NC(=O)[C@H](CC3CCCCC3)N3CC(Oc4ccccc4Cl)=CC3=O)n2)O1. The fourth-order valence-corrected chi connectivity index (χ4v) is 5.60. The lowest BCUT2D eigenvalue weighted by Gasteiger charge is -2.31. The van der Waals surface area contributed by atoms with Crippen molar-refractivity contribution in [2.45, 2.75) is 76.9 Å². The van der Waals surface area contributed by atoms with Crippen LogP contribution in [-0.4, -0.2) is 57.6 Å². The van der Waals surface area contributed by atoms with Crippen molar-refractivity contribution in [2.24, 2.45) is 5.92 Å². The Labute approximate surface area is 228 Å². The van der Waals surface area contributed by atoms with Gasteiger partial charge in [0.05, 0.1) is 24.7 Å². The summed E-state index contributed by atoms with van der Waals surface area (Å²) < 4.78 is 19.2. The zero-order chi connectivity index (χ0) is 26.7. The Hall–Kier alpha value is -2.88. The number of carbonyl (C=O) groups excluding carboxylic acids is 2. The van der Waals surface area contributed by atoms with Crippen LogP contribution < -0.4 is 10.1 Å². The summed E-state index contributed by atoms with van der Waals surface area (Å²) in [5.74, 6) is 0.684. The maximum atomic E-state index is 13.6. The van der Waals surface area contributed by atoms with Crippen molar-refractivity contribution in [3.8, 4) is 5.75 Å². The molecule has 5 rings (SSSR count). The molecule has 1 saturated carbocycles. The molecule has 38 heavy (non-hydrogen) atoms. The van der Waals surface area contributed by atoms with E-state index < -0.39 is 11.8 Å². The highest BCUT2D eigenvalue weighted by Crippen LogP contribution is 2.32. The van der Waals surface area contributed by atoms with E-state index in [9.17, 15) is 9.59 Å². The van der Waals surface area contributed by atoms with Crippen LogP contribution in [0.2, 0.25) is 5.02 Å². The Bertz CT molecular complexity index is 1190. The molecule has 1 saturated heterocycles. The number of benzene rings is 1. The van der Waals surface area contributed by atoms with E-state index in [2.05, 4.69) is 10.4 Å². The van der Waals surface area contributed by atoms with E-state index in [4.69, 9.17) is 25.8 Å². The zero-order valence-electron chi connectivity index (χ0n) is 21.9. The van der Waals surface area contributed by atoms with E-state index >= 15 is 0 Å². The van der Waals surface area contributed by atoms with Gasteiger partial charge in [-0.15, -0.1) is 0 Å². The highest BCUT2D eigenvalue weighted by Gasteiger charge is 2.37. The predicted octanol–water partition coefficient (Wildman–Crippen LogP) is 4.77. The summed E-state index contributed by atoms with van der Waals surface area (Å²) in [5, 5.41) is 7.92. The molecule has 1 aliphatic carbocycles. The van der Waals surface area contributed by atoms with Crippen molar-refractivity contribution in [2.75, 3.05) is 18.5 Å². The Kier molecular flexibility index (Phi) is 8.07. The molecule has 10 heteroatoms. The van der Waals surface area contributed by atoms with Gasteiger partial charge in [0.25, 0.3) is 5.91 Å². The van der Waals surface area contributed by atoms with Crippen LogP contribution in [0.3, 0.4) is 0 Å². The lowest BCUT2D eigenvalue weighted by atomic mass is 9.84. The Morgan fingerprint density at radius 3 is 2.76 bits per heavy atom. The Balaban J connectivity index is 1.26. The van der Waals surface area contributed by atoms with Gasteiger partial charge in [-0.2, -0.15) is 5.10 Å². The number of nitrogens with one attached hydrogen (secondary N) is 1. The van der Waals surface area contributed by atoms with Crippen LogP contribution in [0.4, 0.5) is 5.82 Å². The van der Waals surface area contributed by atoms with Crippen molar-refractivity contribution >= 4 is 29.2 Å². The molecule has 2 atom stereocenters. The van der Waals surface area contributed by atoms with Crippen LogP contribution >= 0.6 is 11.6 Å². The lowest BCUT2D eigenvalue weighted by Crippen LogP contribution is -2.46. The highest BCUT2D eigenvalue weighted by molar-refractivity contribution is 6.32. The van der Waals surface area contributed by atoms with Gasteiger partial charge in [0.1, 0.15) is 23.7 Å². The first-order chi connectivity index (χ1) is 18.3. The molecule has 2 aliphatic heterocycles. The number of ether oxygens (including phenoxy) is 3. The van der Waals surface area contributed by atoms with Crippen molar-refractivity contribution < 1.29 is 23.8 Å². The second-order valence-corrected chi connectivity index (χ2v) is 11.1. The van der Waals surface area contributed by atoms with E-state index in [0.717, 1.165) is 25.7 Å². The molecule has 204 valence electrons. The molecular weight excluding hydrogens is 508 g/mol. The molecule has 1 aromatic carbocycles. The standard InChI is InChI=1S/C28H35ClN4O5/c1-28(2)36-18-21(38-28)16-32-13-12-25(31-32)30-27(35)23(14-19-8-4-3-5-9-19)33-17-20(15-26(33)34)37-24-11-7-6-10-22(24)29/h6-7,10-13,15,19,21,23H,3-5,8-9,14,16-18H2,1-2H3,(H,30,31,35)/t21-,23+/m1/s1. The predicted molar refractivity (Wildman–Crippen MR) is 143 cm³/mol. The van der Waals surface area contributed by atoms with Crippen LogP contribution in [0.1, 0.15) is 52.4 Å². The summed E-state index contributed by atoms with van der Waals surface area (Å²) in [7, 11) is 0. The maximum Gasteiger partial charge on any atom is 0.251 e. The molecule has 3 heterocycles. The van der Waals surface area contributed by atoms with Gasteiger partial charge in [-0.1, -0.05) is 55.8 Å². The number of rotatable bonds is 9. The molecule has 2 amide bonds. The topological polar surface area (TPSA) is 94.9 Å². The number of anilines is 1. The van der Waals surface area contributed by atoms with E-state index in [1.54, 1.807) is 34.0 Å². The molecule has 1 N–H and O–H groups in total. The molecule has 0 unspecified atom stereocenters. The highest BCUT2D eigenvalue weighted by atomic mass is 35.5. The van der Waals surface area contributed by atoms with Crippen molar-refractivity contribution in [3.05, 3.63) is 53.4 Å². The molecule has 2 fully saturated rings. The molecule has 3 aliphatic rings. The molecule has 9 nitrogen and oxygen atoms in total. The quantitative estimate of drug-likeness (QED) is 0.490. The first-order valence-electron chi connectivity index (χ1n) is 13.4. The Morgan fingerprint density at radius 2 is 2.03 bits per heavy atom. The van der Waals surface area contributed by atoms with Gasteiger partial charge in [-0.05, 0) is 38.3 Å². The monoisotopic (exact) mass is 542 g/mol. The van der Waals surface area contributed by atoms with Gasteiger partial charge in [0.15, 0.2) is 11.6 Å². The third kappa shape index (κ3) is 6.57. The largest absolute Gasteiger partial charge is 0.458 e. The third-order valence-corrected chi connectivity index (χ3v) is 7.59. The summed E-state index contributed by atoms with van der Waals surface area (Å²) in [6, 6.07) is 8.25. The van der Waals surface area contributed by atoms with E-state index in [-0.39, 0.29) is 24.5 Å². The summed E-state index contributed by atoms with van der Waals surface area (Å²) >= 11 is 6.24. The maximum absolute atomic E-state index is 13.6. The average Bonchev–Trinajstić information content (AvgIpc) is 3.58. The van der Waals surface area contributed by atoms with Gasteiger partial charge in [-0.3, -0.25) is 14.3 Å². The van der Waals surface area contributed by atoms with Crippen molar-refractivity contribution in [3.63, 3.8) is 0 Å². The summed E-state index contributed by atoms with van der Waals surface area (Å²) in [4.78, 5) is 28.2. The van der Waals surface area contributed by atoms with E-state index in [0.29, 0.717) is 47.8 Å². The smallest absolute Gasteiger partial charge is 0.251 e. The van der Waals surface area contributed by atoms with Crippen LogP contribution in [0.5, 0.6) is 5.75 Å². The van der Waals surface area contributed by atoms with Gasteiger partial charge in [0.2, 0.25) is 5.91 Å². The van der Waals surface area contributed by atoms with Gasteiger partial charge < -0.3 is 24.4 Å². The fraction of sp³-hybridized carbons (Fsp3) is 0.536. The molecule has 1 aromatic heterocycles. The molecule has 0 spiro atoms. The molecular formula is C28H35ClN4O5. The van der Waals surface area contributed by atoms with Gasteiger partial charge >= 0.3 is 0 Å². The van der Waals surface area contributed by atoms with E-state index in [1.165, 1.54) is 12.5 Å². The molecule has 0 radical (unpaired) electrons. The minimum Gasteiger partial charge on any atom is -0.458 e. The molecule has 0 bridgehead atoms. The van der Waals surface area contributed by atoms with Crippen molar-refractivity contribution in [1.82, 2.24) is 14.7 Å². The minimum atomic E-state index is -0.633. The van der Waals surface area contributed by atoms with Gasteiger partial charge in [-0.25, -0.2) is 0 Å². The molecule has 2 aromatic rings. The number of aromatic nitrogens is 2. The lowest BCUT2D eigenvalue weighted by molar-refractivity contribution is -0.139. The average molecular weight is 543 g/mol. The number of carbonyl (C=O) groups is 2. The number of para-hydroxylation sites is 1. The van der Waals surface area contributed by atoms with Crippen LogP contribution in [0.25, 0.3) is 0 Å². The summed E-state index contributed by atoms with van der Waals surface area (Å²) in [5.41, 5.74) is 0. The van der Waals surface area contributed by atoms with Crippen LogP contribution in [0.15, 0.2) is 48.4 Å². The first kappa shape index (κ1) is 26.7. The third-order valence-electron chi connectivity index (χ3n) is 7.28. The van der Waals surface area contributed by atoms with Crippen LogP contribution in [0, 0.1) is 5.92 Å². The number of hydrogen-bond donors (Lipinski definition) is 1. The number of halogens is 1. The first-order valence-corrected chi connectivity index (χ1v) is 13.7. The number of amides is 2. The normalized spacial score (nSPS) is 22.4. The minimum absolute atomic E-state index is 0.114. The van der Waals surface area contributed by atoms with Gasteiger partial charge in [0, 0.05) is 18.3 Å². The fourth-order valence-electron chi connectivity index (χ4n) is 5.42. The number of hydrogen-bond acceptors (Lipinski definition) is 6. The summed E-state index contributed by atoms with van der Waals surface area (Å²) in [6.07, 6.45) is 9.40. The van der Waals surface area contributed by atoms with E-state index in [1.807, 2.05) is 26.0 Å². The Morgan fingerprint density at radius 1 is 1.24 bits per heavy atom. The van der Waals surface area contributed by atoms with Crippen LogP contribution in [-0.2, 0) is 25.6 Å². The summed E-state index contributed by atoms with van der Waals surface area (Å²) in [6.45, 7) is 4.97. The second kappa shape index (κ2) is 11.5. The number of nitrogens with zero attached hydrogens (tertiary/aromatic N) is 3.